The fraction of sp³-hybridized carbons (Fsp3) is 0.347. The first-order chi connectivity index (χ1) is 49.0. The molecule has 4 N–H and O–H groups in total. The molecule has 0 bridgehead atoms. The Balaban J connectivity index is 0.00000449. The number of fused-ring (bicyclic) bond motifs is 4. The zero-order valence-electron chi connectivity index (χ0n) is 69.1. The van der Waals surface area contributed by atoms with Gasteiger partial charge in [0.15, 0.2) is 13.2 Å². The normalized spacial score (nSPS) is 12.7. The van der Waals surface area contributed by atoms with E-state index in [-0.39, 0.29) is 84.7 Å². The standard InChI is InChI=1S/C99H110F2O4.2CH3.Hf/c1-92(2,3)58-98(19,20)66-52-80(90(102)82(54-66)88-72-42-36-62(94(7,8)9)48-76(72)86(60-30-25-23-26-31-60)70-40-34-64(50-78(70)88)96(13,14)15)74-56-68(100)38-44-84(74)104-46-29-47-105-85-45-39-69(101)57-75(85)81-53-67(99(21,22)59-93(4,5)6)55-83(91(81)103)89-73-43-37-63(95(10,11)12)49-77(73)87(61-32-27-24-28-33-61)71-41-35-65(51-79(71)89)97(16,17)18;;;/h23-28,30-45,48-57,102-103H,29,46-47,58-59H2,1-22H3;2*1H3;/q;2*-1;/p+2. The summed E-state index contributed by atoms with van der Waals surface area (Å²) in [6, 6.07) is 66.6. The molecule has 12 rings (SSSR count). The Hall–Kier alpha value is -8.39. The second-order valence-corrected chi connectivity index (χ2v) is 37.8. The summed E-state index contributed by atoms with van der Waals surface area (Å²) in [4.78, 5) is 0. The number of benzene rings is 12. The van der Waals surface area contributed by atoms with Crippen LogP contribution in [-0.2, 0) is 58.3 Å². The van der Waals surface area contributed by atoms with E-state index in [9.17, 15) is 10.2 Å². The van der Waals surface area contributed by atoms with Crippen molar-refractivity contribution < 1.29 is 54.3 Å². The molecule has 0 amide bonds. The number of hydrogen-bond acceptors (Lipinski definition) is 2. The number of aliphatic hydroxyl groups is 2. The molecule has 0 aliphatic carbocycles. The van der Waals surface area contributed by atoms with Crippen molar-refractivity contribution >= 4 is 43.1 Å². The molecular formula is C101H118F2HfO4. The van der Waals surface area contributed by atoms with E-state index in [2.05, 4.69) is 310 Å². The van der Waals surface area contributed by atoms with E-state index in [1.54, 1.807) is 12.1 Å². The third-order valence-corrected chi connectivity index (χ3v) is 21.5. The van der Waals surface area contributed by atoms with Gasteiger partial charge in [-0.25, -0.2) is 8.78 Å². The summed E-state index contributed by atoms with van der Waals surface area (Å²) < 4.78 is 43.2. The van der Waals surface area contributed by atoms with Crippen molar-refractivity contribution in [1.29, 1.82) is 0 Å². The van der Waals surface area contributed by atoms with Gasteiger partial charge in [0.1, 0.15) is 29.6 Å². The Kier molecular flexibility index (Phi) is 23.9. The number of hydrogen-bond donors (Lipinski definition) is 2. The predicted octanol–water partition coefficient (Wildman–Crippen LogP) is 29.1. The summed E-state index contributed by atoms with van der Waals surface area (Å²) >= 11 is 0. The summed E-state index contributed by atoms with van der Waals surface area (Å²) in [5, 5.41) is 35.5. The van der Waals surface area contributed by atoms with Crippen LogP contribution < -0.4 is 0 Å². The van der Waals surface area contributed by atoms with Gasteiger partial charge in [0.2, 0.25) is 0 Å². The smallest absolute Gasteiger partial charge is 0.262 e. The second kappa shape index (κ2) is 30.8. The Bertz CT molecular complexity index is 4980. The number of phenols is 2. The van der Waals surface area contributed by atoms with E-state index in [0.29, 0.717) is 64.5 Å². The van der Waals surface area contributed by atoms with Crippen LogP contribution in [0.15, 0.2) is 194 Å². The molecule has 12 aromatic rings. The zero-order chi connectivity index (χ0) is 76.1. The summed E-state index contributed by atoms with van der Waals surface area (Å²) in [5.74, 6) is 0.297. The molecule has 0 saturated carbocycles. The Labute approximate surface area is 664 Å². The van der Waals surface area contributed by atoms with Crippen LogP contribution in [0.4, 0.5) is 8.78 Å². The minimum absolute atomic E-state index is 0. The van der Waals surface area contributed by atoms with Gasteiger partial charge in [-0.15, -0.1) is 0 Å². The van der Waals surface area contributed by atoms with E-state index in [0.717, 1.165) is 100 Å². The van der Waals surface area contributed by atoms with Gasteiger partial charge < -0.3 is 34.5 Å². The first-order valence-electron chi connectivity index (χ1n) is 37.9. The predicted molar refractivity (Wildman–Crippen MR) is 458 cm³/mol. The molecule has 0 aromatic heterocycles. The summed E-state index contributed by atoms with van der Waals surface area (Å²) in [6.45, 7) is 50.3. The fourth-order valence-corrected chi connectivity index (χ4v) is 16.6. The first-order valence-corrected chi connectivity index (χ1v) is 37.9. The van der Waals surface area contributed by atoms with Gasteiger partial charge in [-0.3, -0.25) is 0 Å². The molecule has 0 aliphatic rings. The van der Waals surface area contributed by atoms with E-state index in [1.807, 2.05) is 0 Å². The van der Waals surface area contributed by atoms with Gasteiger partial charge in [-0.05, 0) is 228 Å². The number of rotatable bonds is 16. The second-order valence-electron chi connectivity index (χ2n) is 37.8. The number of aromatic hydroxyl groups is 4. The topological polar surface area (TPSA) is 66.1 Å². The van der Waals surface area contributed by atoms with Crippen molar-refractivity contribution in [2.75, 3.05) is 13.2 Å². The van der Waals surface area contributed by atoms with Crippen molar-refractivity contribution in [1.82, 2.24) is 0 Å². The van der Waals surface area contributed by atoms with Crippen molar-refractivity contribution in [2.24, 2.45) is 10.8 Å². The molecule has 12 aromatic carbocycles. The Morgan fingerprint density at radius 2 is 0.565 bits per heavy atom. The molecule has 564 valence electrons. The van der Waals surface area contributed by atoms with E-state index >= 15 is 8.78 Å². The molecule has 4 nitrogen and oxygen atoms in total. The maximum absolute atomic E-state index is 16.4. The van der Waals surface area contributed by atoms with Crippen LogP contribution in [0, 0.1) is 37.3 Å². The van der Waals surface area contributed by atoms with Crippen LogP contribution in [0.25, 0.3) is 110 Å². The minimum atomic E-state index is -0.442. The fourth-order valence-electron chi connectivity index (χ4n) is 16.6. The molecule has 0 atom stereocenters. The Morgan fingerprint density at radius 3 is 0.852 bits per heavy atom. The molecule has 0 radical (unpaired) electrons. The molecule has 0 unspecified atom stereocenters. The quantitative estimate of drug-likeness (QED) is 0.0333. The molecule has 0 fully saturated rings. The molecule has 0 spiro atoms. The Morgan fingerprint density at radius 1 is 0.287 bits per heavy atom. The van der Waals surface area contributed by atoms with Crippen molar-refractivity contribution in [3.05, 3.63) is 254 Å². The van der Waals surface area contributed by atoms with Crippen molar-refractivity contribution in [3.8, 4) is 89.8 Å². The molecule has 0 heterocycles. The van der Waals surface area contributed by atoms with Crippen LogP contribution >= 0.6 is 0 Å². The zero-order valence-corrected chi connectivity index (χ0v) is 72.6. The number of ether oxygens (including phenoxy) is 2. The van der Waals surface area contributed by atoms with Crippen LogP contribution in [0.2, 0.25) is 0 Å². The van der Waals surface area contributed by atoms with Gasteiger partial charge in [0.25, 0.3) is 11.5 Å². The van der Waals surface area contributed by atoms with Crippen LogP contribution in [0.1, 0.15) is 205 Å². The van der Waals surface area contributed by atoms with Crippen LogP contribution in [0.3, 0.4) is 0 Å². The minimum Gasteiger partial charge on any atom is -0.582 e. The van der Waals surface area contributed by atoms with Gasteiger partial charge in [0, 0.05) is 71.4 Å². The van der Waals surface area contributed by atoms with E-state index in [1.165, 1.54) is 46.5 Å². The molecular weight excluding hydrogens is 1490 g/mol. The van der Waals surface area contributed by atoms with Crippen molar-refractivity contribution in [2.45, 2.75) is 204 Å². The molecule has 108 heavy (non-hydrogen) atoms. The molecule has 7 heteroatoms. The maximum atomic E-state index is 16.4. The number of halogens is 2. The van der Waals surface area contributed by atoms with Crippen LogP contribution in [0.5, 0.6) is 23.0 Å². The van der Waals surface area contributed by atoms with Crippen LogP contribution in [-0.4, -0.2) is 32.9 Å². The molecule has 0 aliphatic heterocycles. The number of phenolic OH excluding ortho intramolecular Hbond substituents is 2. The average Bonchev–Trinajstić information content (AvgIpc) is 0.722. The maximum Gasteiger partial charge on any atom is 0.262 e. The summed E-state index contributed by atoms with van der Waals surface area (Å²) in [6.07, 6.45) is 2.14. The van der Waals surface area contributed by atoms with Crippen molar-refractivity contribution in [3.63, 3.8) is 0 Å². The third-order valence-electron chi connectivity index (χ3n) is 21.5. The third kappa shape index (κ3) is 17.3. The average molecular weight is 1610 g/mol. The molecule has 0 saturated heterocycles. The largest absolute Gasteiger partial charge is 0.582 e. The van der Waals surface area contributed by atoms with Gasteiger partial charge in [-0.2, -0.15) is 0 Å². The van der Waals surface area contributed by atoms with Gasteiger partial charge in [0.05, 0.1) is 11.1 Å². The monoisotopic (exact) mass is 1610 g/mol. The summed E-state index contributed by atoms with van der Waals surface area (Å²) in [7, 11) is 0. The van der Waals surface area contributed by atoms with E-state index in [4.69, 9.17) is 9.47 Å². The first kappa shape index (κ1) is 83.6. The SMILES string of the molecule is CC(C)(C)CC(C)(C)c1cc(-c2cc(F)ccc2[OH+]CCC[OH+]c2ccc(F)cc2-c2cc(C(C)(C)CC(C)(C)C)cc(-c3c4ccc(C(C)(C)C)cc4c(-c4ccccc4)c4ccc(C(C)(C)C)cc34)c2O)c(O)c(-c2c3ccc(C(C)(C)C)cc3c(-c3ccccc3)c3ccc(C(C)(C)C)cc23)c1.[CH3-].[CH3-].[Hf]. The summed E-state index contributed by atoms with van der Waals surface area (Å²) in [5.41, 5.74) is 14.8. The van der Waals surface area contributed by atoms with Gasteiger partial charge in [-0.1, -0.05) is 262 Å². The van der Waals surface area contributed by atoms with Gasteiger partial charge >= 0.3 is 0 Å². The van der Waals surface area contributed by atoms with E-state index < -0.39 is 22.5 Å².